The lowest BCUT2D eigenvalue weighted by Crippen LogP contribution is -2.70. The van der Waals surface area contributed by atoms with Crippen LogP contribution in [0.2, 0.25) is 19.1 Å². The maximum Gasteiger partial charge on any atom is 0.460 e. The summed E-state index contributed by atoms with van der Waals surface area (Å²) in [5.74, 6) is -36.6. The van der Waals surface area contributed by atoms with Gasteiger partial charge in [-0.25, -0.2) is 0 Å². The average molecular weight is 508 g/mol. The summed E-state index contributed by atoms with van der Waals surface area (Å²) in [6.07, 6.45) is -8.14. The smallest absolute Gasteiger partial charge is 0.200 e. The fourth-order valence-corrected chi connectivity index (χ4v) is 4.94. The quantitative estimate of drug-likeness (QED) is 0.241. The van der Waals surface area contributed by atoms with Gasteiger partial charge < -0.3 is 0 Å². The minimum atomic E-state index is -7.86. The van der Waals surface area contributed by atoms with Gasteiger partial charge in [0.15, 0.2) is 0 Å². The molecule has 0 unspecified atom stereocenters. The Morgan fingerprint density at radius 1 is 0.688 bits per heavy atom. The average Bonchev–Trinajstić information content (AvgIpc) is 2.65. The molecule has 0 atom stereocenters. The lowest BCUT2D eigenvalue weighted by Gasteiger charge is -2.40. The number of rotatable bonds is 9. The molecule has 14 heteroatoms. The lowest BCUT2D eigenvalue weighted by atomic mass is 9.93. The second-order valence-electron chi connectivity index (χ2n) is 7.71. The fraction of sp³-hybridized carbons (Fsp3) is 0.556. The van der Waals surface area contributed by atoms with Crippen molar-refractivity contribution in [2.75, 3.05) is 0 Å². The van der Waals surface area contributed by atoms with Gasteiger partial charge in [0.05, 0.1) is 8.07 Å². The molecule has 0 fully saturated rings. The molecule has 0 radical (unpaired) electrons. The maximum atomic E-state index is 14.0. The molecular weight excluding hydrogens is 491 g/mol. The third kappa shape index (κ3) is 4.51. The molecule has 32 heavy (non-hydrogen) atoms. The Labute approximate surface area is 175 Å². The van der Waals surface area contributed by atoms with Gasteiger partial charge in [0, 0.05) is 6.42 Å². The van der Waals surface area contributed by atoms with Gasteiger partial charge in [-0.1, -0.05) is 55.2 Å². The number of alkyl halides is 13. The van der Waals surface area contributed by atoms with Crippen molar-refractivity contribution in [1.29, 1.82) is 0 Å². The van der Waals surface area contributed by atoms with E-state index in [2.05, 4.69) is 6.58 Å². The van der Waals surface area contributed by atoms with Gasteiger partial charge >= 0.3 is 35.8 Å². The van der Waals surface area contributed by atoms with Crippen molar-refractivity contribution in [3.8, 4) is 0 Å². The van der Waals surface area contributed by atoms with Gasteiger partial charge in [0.2, 0.25) is 0 Å². The highest BCUT2D eigenvalue weighted by atomic mass is 28.3. The molecule has 1 rings (SSSR count). The summed E-state index contributed by atoms with van der Waals surface area (Å²) in [5.41, 5.74) is 0.600. The van der Waals surface area contributed by atoms with Gasteiger partial charge in [-0.05, 0) is 11.6 Å². The van der Waals surface area contributed by atoms with E-state index < -0.39 is 56.3 Å². The summed E-state index contributed by atoms with van der Waals surface area (Å²) in [5, 5.41) is 0.378. The number of hydrogen-bond donors (Lipinski definition) is 0. The zero-order valence-corrected chi connectivity index (χ0v) is 17.4. The summed E-state index contributed by atoms with van der Waals surface area (Å²) in [4.78, 5) is 0. The first kappa shape index (κ1) is 28.3. The van der Waals surface area contributed by atoms with E-state index in [9.17, 15) is 57.1 Å². The second-order valence-corrected chi connectivity index (χ2v) is 12.6. The molecule has 184 valence electrons. The van der Waals surface area contributed by atoms with Crippen molar-refractivity contribution in [3.63, 3.8) is 0 Å². The summed E-state index contributed by atoms with van der Waals surface area (Å²) >= 11 is 0. The van der Waals surface area contributed by atoms with E-state index >= 15 is 0 Å². The highest BCUT2D eigenvalue weighted by molar-refractivity contribution is 6.89. The fourth-order valence-electron chi connectivity index (χ4n) is 2.64. The molecular formula is C18H17F13Si. The molecule has 0 saturated heterocycles. The second kappa shape index (κ2) is 8.24. The number of halogens is 13. The topological polar surface area (TPSA) is 0 Å². The molecule has 0 saturated carbocycles. The Kier molecular flexibility index (Phi) is 7.29. The molecule has 0 bridgehead atoms. The van der Waals surface area contributed by atoms with Crippen LogP contribution in [-0.2, 0) is 0 Å². The zero-order chi connectivity index (χ0) is 25.6. The molecule has 0 N–H and O–H groups in total. The minimum Gasteiger partial charge on any atom is -0.200 e. The van der Waals surface area contributed by atoms with E-state index in [4.69, 9.17) is 0 Å². The van der Waals surface area contributed by atoms with Crippen LogP contribution in [0.3, 0.4) is 0 Å². The largest absolute Gasteiger partial charge is 0.460 e. The molecule has 0 aliphatic rings. The SMILES string of the molecule is C=Cc1ccc([Si](C)(C)CCC(F)(F)C(F)(F)C(F)(F)C(F)(F)C(F)(F)C(F)(F)F)cc1. The van der Waals surface area contributed by atoms with E-state index in [0.29, 0.717) is 10.8 Å². The van der Waals surface area contributed by atoms with Gasteiger partial charge in [-0.2, -0.15) is 57.1 Å². The van der Waals surface area contributed by atoms with Gasteiger partial charge in [0.25, 0.3) is 0 Å². The molecule has 1 aromatic rings. The van der Waals surface area contributed by atoms with Crippen LogP contribution in [0.4, 0.5) is 57.1 Å². The summed E-state index contributed by atoms with van der Waals surface area (Å²) in [7, 11) is -3.08. The Morgan fingerprint density at radius 3 is 1.47 bits per heavy atom. The van der Waals surface area contributed by atoms with Crippen LogP contribution >= 0.6 is 0 Å². The van der Waals surface area contributed by atoms with Crippen LogP contribution in [0.15, 0.2) is 30.8 Å². The van der Waals surface area contributed by atoms with Crippen molar-refractivity contribution in [3.05, 3.63) is 36.4 Å². The molecule has 0 nitrogen and oxygen atoms in total. The summed E-state index contributed by atoms with van der Waals surface area (Å²) < 4.78 is 171. The predicted molar refractivity (Wildman–Crippen MR) is 93.9 cm³/mol. The van der Waals surface area contributed by atoms with Crippen LogP contribution in [0.1, 0.15) is 12.0 Å². The maximum absolute atomic E-state index is 14.0. The van der Waals surface area contributed by atoms with Crippen molar-refractivity contribution < 1.29 is 57.1 Å². The molecule has 0 amide bonds. The Hall–Kier alpha value is -1.73. The molecule has 0 heterocycles. The summed E-state index contributed by atoms with van der Waals surface area (Å²) in [6, 6.07) is 4.91. The van der Waals surface area contributed by atoms with Crippen molar-refractivity contribution in [2.45, 2.75) is 61.3 Å². The van der Waals surface area contributed by atoms with Crippen LogP contribution in [-0.4, -0.2) is 43.9 Å². The minimum absolute atomic E-state index is 0.378. The van der Waals surface area contributed by atoms with Crippen LogP contribution in [0, 0.1) is 0 Å². The van der Waals surface area contributed by atoms with Gasteiger partial charge in [0.1, 0.15) is 0 Å². The molecule has 0 aromatic heterocycles. The lowest BCUT2D eigenvalue weighted by molar-refractivity contribution is -0.439. The third-order valence-corrected chi connectivity index (χ3v) is 8.39. The Bertz CT molecular complexity index is 807. The third-order valence-electron chi connectivity index (χ3n) is 4.99. The van der Waals surface area contributed by atoms with Crippen molar-refractivity contribution >= 4 is 19.3 Å². The van der Waals surface area contributed by atoms with Gasteiger partial charge in [-0.15, -0.1) is 0 Å². The number of hydrogen-bond acceptors (Lipinski definition) is 0. The number of benzene rings is 1. The van der Waals surface area contributed by atoms with E-state index in [1.54, 1.807) is 0 Å². The molecule has 0 aliphatic heterocycles. The van der Waals surface area contributed by atoms with E-state index in [0.717, 1.165) is 0 Å². The van der Waals surface area contributed by atoms with Crippen molar-refractivity contribution in [1.82, 2.24) is 0 Å². The first-order valence-corrected chi connectivity index (χ1v) is 11.9. The Balaban J connectivity index is 3.25. The first-order chi connectivity index (χ1) is 14.0. The van der Waals surface area contributed by atoms with Crippen molar-refractivity contribution in [2.24, 2.45) is 0 Å². The van der Waals surface area contributed by atoms with Crippen LogP contribution < -0.4 is 5.19 Å². The van der Waals surface area contributed by atoms with E-state index in [1.165, 1.54) is 43.4 Å². The molecule has 0 spiro atoms. The monoisotopic (exact) mass is 508 g/mol. The standard InChI is InChI=1S/C18H17F13Si/c1-4-11-5-7-12(8-6-11)32(2,3)10-9-13(19,20)14(21,22)15(23,24)16(25,26)17(27,28)18(29,30)31/h4-8H,1,9-10H2,2-3H3. The van der Waals surface area contributed by atoms with E-state index in [-0.39, 0.29) is 0 Å². The highest BCUT2D eigenvalue weighted by Crippen LogP contribution is 2.60. The van der Waals surface area contributed by atoms with Gasteiger partial charge in [-0.3, -0.25) is 0 Å². The Morgan fingerprint density at radius 2 is 1.09 bits per heavy atom. The zero-order valence-electron chi connectivity index (χ0n) is 16.4. The first-order valence-electron chi connectivity index (χ1n) is 8.68. The molecule has 0 aliphatic carbocycles. The van der Waals surface area contributed by atoms with Crippen LogP contribution in [0.25, 0.3) is 6.08 Å². The molecule has 1 aromatic carbocycles. The normalized spacial score (nSPS) is 15.1. The predicted octanol–water partition coefficient (Wildman–Crippen LogP) is 7.37. The van der Waals surface area contributed by atoms with Crippen LogP contribution in [0.5, 0.6) is 0 Å². The summed E-state index contributed by atoms with van der Waals surface area (Å²) in [6.45, 7) is 6.18. The highest BCUT2D eigenvalue weighted by Gasteiger charge is 2.90. The van der Waals surface area contributed by atoms with E-state index in [1.807, 2.05) is 0 Å².